The first-order valence-corrected chi connectivity index (χ1v) is 8.03. The molecule has 128 valence electrons. The Balaban J connectivity index is 1.62. The highest BCUT2D eigenvalue weighted by Gasteiger charge is 2.26. The second-order valence-electron chi connectivity index (χ2n) is 6.27. The highest BCUT2D eigenvalue weighted by atomic mass is 16.5. The second kappa shape index (κ2) is 6.55. The minimum absolute atomic E-state index is 0.128. The monoisotopic (exact) mass is 331 g/mol. The molecular weight excluding hydrogens is 310 g/mol. The number of fused-ring (bicyclic) bond motifs is 1. The van der Waals surface area contributed by atoms with E-state index >= 15 is 0 Å². The quantitative estimate of drug-likeness (QED) is 0.781. The van der Waals surface area contributed by atoms with E-state index in [-0.39, 0.29) is 17.9 Å². The van der Waals surface area contributed by atoms with Gasteiger partial charge in [0.1, 0.15) is 23.4 Å². The molecule has 24 heavy (non-hydrogen) atoms. The van der Waals surface area contributed by atoms with Crippen LogP contribution >= 0.6 is 0 Å². The molecule has 1 aromatic heterocycles. The summed E-state index contributed by atoms with van der Waals surface area (Å²) in [6.45, 7) is 6.35. The predicted octanol–water partition coefficient (Wildman–Crippen LogP) is 3.53. The molecule has 0 unspecified atom stereocenters. The summed E-state index contributed by atoms with van der Waals surface area (Å²) in [5, 5.41) is 0. The Morgan fingerprint density at radius 1 is 1.38 bits per heavy atom. The van der Waals surface area contributed by atoms with Gasteiger partial charge in [-0.15, -0.1) is 0 Å². The molecule has 0 spiro atoms. The number of benzene rings is 1. The van der Waals surface area contributed by atoms with Gasteiger partial charge >= 0.3 is 5.97 Å². The molecule has 0 atom stereocenters. The Kier molecular flexibility index (Phi) is 4.46. The van der Waals surface area contributed by atoms with E-state index in [0.717, 1.165) is 24.2 Å². The number of hydrogen-bond donors (Lipinski definition) is 0. The zero-order valence-corrected chi connectivity index (χ0v) is 14.1. The molecule has 0 fully saturated rings. The highest BCUT2D eigenvalue weighted by Crippen LogP contribution is 2.35. The number of carbonyl (C=O) groups excluding carboxylic acids is 1. The van der Waals surface area contributed by atoms with Gasteiger partial charge in [-0.1, -0.05) is 0 Å². The summed E-state index contributed by atoms with van der Waals surface area (Å²) in [7, 11) is 0. The minimum Gasteiger partial charge on any atom is -0.488 e. The van der Waals surface area contributed by atoms with Gasteiger partial charge in [-0.05, 0) is 57.4 Å². The van der Waals surface area contributed by atoms with Gasteiger partial charge in [-0.3, -0.25) is 0 Å². The first kappa shape index (κ1) is 16.4. The van der Waals surface area contributed by atoms with E-state index in [1.54, 1.807) is 6.92 Å². The van der Waals surface area contributed by atoms with Crippen molar-refractivity contribution in [2.45, 2.75) is 45.8 Å². The number of nitrogens with zero attached hydrogens (tertiary/aromatic N) is 1. The van der Waals surface area contributed by atoms with Crippen LogP contribution in [0.5, 0.6) is 11.5 Å². The summed E-state index contributed by atoms with van der Waals surface area (Å²) in [4.78, 5) is 15.6. The fourth-order valence-corrected chi connectivity index (χ4v) is 2.55. The average molecular weight is 331 g/mol. The molecule has 1 aliphatic rings. The fourth-order valence-electron chi connectivity index (χ4n) is 2.55. The first-order chi connectivity index (χ1) is 11.5. The molecule has 2 aromatic rings. The Morgan fingerprint density at radius 2 is 2.21 bits per heavy atom. The number of rotatable bonds is 5. The van der Waals surface area contributed by atoms with E-state index in [4.69, 9.17) is 18.6 Å². The summed E-state index contributed by atoms with van der Waals surface area (Å²) < 4.78 is 21.8. The number of esters is 1. The van der Waals surface area contributed by atoms with Crippen LogP contribution in [0.1, 0.15) is 49.1 Å². The van der Waals surface area contributed by atoms with Crippen LogP contribution in [0.25, 0.3) is 0 Å². The summed E-state index contributed by atoms with van der Waals surface area (Å²) in [6.07, 6.45) is 3.19. The van der Waals surface area contributed by atoms with Crippen molar-refractivity contribution in [1.29, 1.82) is 0 Å². The number of aromatic nitrogens is 1. The van der Waals surface area contributed by atoms with Crippen molar-refractivity contribution in [3.8, 4) is 11.5 Å². The molecule has 0 N–H and O–H groups in total. The van der Waals surface area contributed by atoms with Crippen LogP contribution in [0, 0.1) is 0 Å². The molecule has 1 aliphatic heterocycles. The molecule has 0 aliphatic carbocycles. The van der Waals surface area contributed by atoms with Gasteiger partial charge in [0, 0.05) is 0 Å². The summed E-state index contributed by atoms with van der Waals surface area (Å²) in [5.74, 6) is 1.45. The lowest BCUT2D eigenvalue weighted by Crippen LogP contribution is -2.32. The number of carbonyl (C=O) groups is 1. The van der Waals surface area contributed by atoms with Crippen molar-refractivity contribution < 1.29 is 23.4 Å². The standard InChI is InChI=1S/C18H21NO5/c1-4-21-17(20)14-10-23-16(19-14)11-22-13-5-6-15-12(9-13)7-8-18(2,3)24-15/h5-6,9-10H,4,7-8,11H2,1-3H3. The van der Waals surface area contributed by atoms with Gasteiger partial charge in [-0.2, -0.15) is 0 Å². The SMILES string of the molecule is CCOC(=O)c1coc(COc2ccc3c(c2)CCC(C)(C)O3)n1. The Hall–Kier alpha value is -2.50. The van der Waals surface area contributed by atoms with Crippen molar-refractivity contribution in [3.63, 3.8) is 0 Å². The third-order valence-electron chi connectivity index (χ3n) is 3.81. The van der Waals surface area contributed by atoms with Crippen LogP contribution in [-0.2, 0) is 17.8 Å². The third kappa shape index (κ3) is 3.69. The summed E-state index contributed by atoms with van der Waals surface area (Å²) >= 11 is 0. The lowest BCUT2D eigenvalue weighted by molar-refractivity contribution is 0.0519. The van der Waals surface area contributed by atoms with Gasteiger partial charge in [0.25, 0.3) is 0 Å². The number of oxazole rings is 1. The van der Waals surface area contributed by atoms with E-state index in [2.05, 4.69) is 18.8 Å². The number of aryl methyl sites for hydroxylation is 1. The summed E-state index contributed by atoms with van der Waals surface area (Å²) in [5.41, 5.74) is 1.15. The predicted molar refractivity (Wildman–Crippen MR) is 86.3 cm³/mol. The molecule has 0 bridgehead atoms. The largest absolute Gasteiger partial charge is 0.488 e. The molecule has 0 saturated heterocycles. The number of hydrogen-bond acceptors (Lipinski definition) is 6. The topological polar surface area (TPSA) is 70.8 Å². The first-order valence-electron chi connectivity index (χ1n) is 8.03. The van der Waals surface area contributed by atoms with Gasteiger partial charge in [0.05, 0.1) is 6.61 Å². The second-order valence-corrected chi connectivity index (χ2v) is 6.27. The van der Waals surface area contributed by atoms with Crippen LogP contribution in [0.3, 0.4) is 0 Å². The Bertz CT molecular complexity index is 735. The Morgan fingerprint density at radius 3 is 3.00 bits per heavy atom. The molecule has 6 nitrogen and oxygen atoms in total. The lowest BCUT2D eigenvalue weighted by atomic mass is 9.94. The molecule has 0 amide bonds. The maximum Gasteiger partial charge on any atom is 0.360 e. The zero-order chi connectivity index (χ0) is 17.2. The van der Waals surface area contributed by atoms with Crippen LogP contribution in [-0.4, -0.2) is 23.2 Å². The van der Waals surface area contributed by atoms with Crippen molar-refractivity contribution in [3.05, 3.63) is 41.6 Å². The van der Waals surface area contributed by atoms with Gasteiger partial charge in [0.15, 0.2) is 12.3 Å². The van der Waals surface area contributed by atoms with E-state index in [1.807, 2.05) is 18.2 Å². The molecule has 6 heteroatoms. The van der Waals surface area contributed by atoms with Crippen LogP contribution in [0.2, 0.25) is 0 Å². The van der Waals surface area contributed by atoms with Gasteiger partial charge in [-0.25, -0.2) is 9.78 Å². The smallest absolute Gasteiger partial charge is 0.360 e. The van der Waals surface area contributed by atoms with Crippen LogP contribution in [0.4, 0.5) is 0 Å². The normalized spacial score (nSPS) is 15.3. The molecular formula is C18H21NO5. The van der Waals surface area contributed by atoms with Gasteiger partial charge < -0.3 is 18.6 Å². The average Bonchev–Trinajstić information content (AvgIpc) is 3.01. The van der Waals surface area contributed by atoms with Crippen molar-refractivity contribution >= 4 is 5.97 Å². The van der Waals surface area contributed by atoms with E-state index in [0.29, 0.717) is 18.2 Å². The zero-order valence-electron chi connectivity index (χ0n) is 14.1. The van der Waals surface area contributed by atoms with Crippen LogP contribution in [0.15, 0.2) is 28.9 Å². The van der Waals surface area contributed by atoms with E-state index in [1.165, 1.54) is 6.26 Å². The molecule has 0 radical (unpaired) electrons. The maximum absolute atomic E-state index is 11.5. The molecule has 1 aromatic carbocycles. The maximum atomic E-state index is 11.5. The van der Waals surface area contributed by atoms with Crippen molar-refractivity contribution in [2.24, 2.45) is 0 Å². The van der Waals surface area contributed by atoms with Gasteiger partial charge in [0.2, 0.25) is 5.89 Å². The minimum atomic E-state index is -0.499. The van der Waals surface area contributed by atoms with Crippen LogP contribution < -0.4 is 9.47 Å². The molecule has 0 saturated carbocycles. The highest BCUT2D eigenvalue weighted by molar-refractivity contribution is 5.86. The van der Waals surface area contributed by atoms with Crippen molar-refractivity contribution in [2.75, 3.05) is 6.61 Å². The number of ether oxygens (including phenoxy) is 3. The Labute approximate surface area is 140 Å². The third-order valence-corrected chi connectivity index (χ3v) is 3.81. The molecule has 2 heterocycles. The summed E-state index contributed by atoms with van der Waals surface area (Å²) in [6, 6.07) is 5.75. The molecule has 3 rings (SSSR count). The van der Waals surface area contributed by atoms with E-state index in [9.17, 15) is 4.79 Å². The van der Waals surface area contributed by atoms with E-state index < -0.39 is 5.97 Å². The fraction of sp³-hybridized carbons (Fsp3) is 0.444. The lowest BCUT2D eigenvalue weighted by Gasteiger charge is -2.32. The van der Waals surface area contributed by atoms with Crippen molar-refractivity contribution in [1.82, 2.24) is 4.98 Å².